The van der Waals surface area contributed by atoms with Gasteiger partial charge in [0.15, 0.2) is 12.2 Å². The van der Waals surface area contributed by atoms with E-state index in [1.807, 2.05) is 72.8 Å². The molecule has 0 spiro atoms. The molecule has 3 fully saturated rings. The zero-order valence-corrected chi connectivity index (χ0v) is 26.3. The number of carbonyl (C=O) groups is 1. The van der Waals surface area contributed by atoms with E-state index in [2.05, 4.69) is 21.8 Å². The Balaban J connectivity index is 1.15. The Morgan fingerprint density at radius 2 is 1.74 bits per heavy atom. The first kappa shape index (κ1) is 31.5. The fraction of sp³-hybridized carbons (Fsp3) is 0.353. The van der Waals surface area contributed by atoms with Crippen LogP contribution in [0.25, 0.3) is 10.9 Å². The highest BCUT2D eigenvalue weighted by Gasteiger charge is 2.53. The summed E-state index contributed by atoms with van der Waals surface area (Å²) in [6.07, 6.45) is -3.17. The number of hydrogen-bond acceptors (Lipinski definition) is 10. The molecule has 0 aliphatic carbocycles. The average Bonchev–Trinajstić information content (AvgIpc) is 3.76. The maximum absolute atomic E-state index is 13.0. The summed E-state index contributed by atoms with van der Waals surface area (Å²) in [5, 5.41) is 31.8. The van der Waals surface area contributed by atoms with Gasteiger partial charge in [-0.3, -0.25) is 9.69 Å². The number of aromatic hydroxyl groups is 1. The molecule has 3 aliphatic heterocycles. The molecule has 0 bridgehead atoms. The van der Waals surface area contributed by atoms with Crippen LogP contribution in [0, 0.1) is 0 Å². The Kier molecular flexibility index (Phi) is 8.86. The maximum atomic E-state index is 13.0. The number of aliphatic hydroxyl groups is 2. The Hall–Kier alpha value is -4.08. The normalized spacial score (nSPS) is 23.8. The summed E-state index contributed by atoms with van der Waals surface area (Å²) in [5.74, 6) is -0.00638. The molecular weight excluding hydrogens is 601 g/mol. The van der Waals surface area contributed by atoms with Crippen molar-refractivity contribution in [2.75, 3.05) is 58.3 Å². The van der Waals surface area contributed by atoms with Crippen LogP contribution in [0.3, 0.4) is 0 Å². The maximum Gasteiger partial charge on any atom is 0.494 e. The Bertz CT molecular complexity index is 1760. The number of benzene rings is 3. The summed E-state index contributed by atoms with van der Waals surface area (Å²) in [4.78, 5) is 27.2. The zero-order chi connectivity index (χ0) is 32.7. The molecular formula is C34H38BN5O7. The van der Waals surface area contributed by atoms with Gasteiger partial charge >= 0.3 is 7.12 Å². The smallest absolute Gasteiger partial charge is 0.494 e. The van der Waals surface area contributed by atoms with Crippen LogP contribution in [0.2, 0.25) is 0 Å². The van der Waals surface area contributed by atoms with Gasteiger partial charge < -0.3 is 44.1 Å². The number of fused-ring (bicyclic) bond motifs is 2. The average molecular weight is 640 g/mol. The van der Waals surface area contributed by atoms with Gasteiger partial charge in [0.1, 0.15) is 18.3 Å². The van der Waals surface area contributed by atoms with E-state index in [0.29, 0.717) is 34.5 Å². The SMILES string of the molecule is CN1CCN(CC(=O)N(C)c2ccc(N=C(c3ccccc3)c3c(O)[nH]c4cc(B5O[C@H]6[C@H](O5)C(O)O[C@@H]6CO)ccc34)cc2)CC1. The molecule has 7 rings (SSSR count). The molecule has 1 aromatic heterocycles. The van der Waals surface area contributed by atoms with Crippen molar-refractivity contribution in [2.45, 2.75) is 24.6 Å². The van der Waals surface area contributed by atoms with Crippen molar-refractivity contribution in [3.05, 3.63) is 83.9 Å². The summed E-state index contributed by atoms with van der Waals surface area (Å²) in [6.45, 7) is 3.75. The first-order valence-corrected chi connectivity index (χ1v) is 15.8. The molecule has 4 N–H and O–H groups in total. The van der Waals surface area contributed by atoms with Crippen LogP contribution in [-0.4, -0.2) is 127 Å². The molecule has 3 aromatic carbocycles. The monoisotopic (exact) mass is 639 g/mol. The third-order valence-corrected chi connectivity index (χ3v) is 9.19. The third-order valence-electron chi connectivity index (χ3n) is 9.19. The lowest BCUT2D eigenvalue weighted by Gasteiger charge is -2.32. The van der Waals surface area contributed by atoms with Crippen LogP contribution in [0.4, 0.5) is 11.4 Å². The molecule has 4 aromatic rings. The number of amides is 1. The molecule has 4 atom stereocenters. The van der Waals surface area contributed by atoms with Gasteiger partial charge in [0, 0.05) is 55.4 Å². The number of nitrogens with one attached hydrogen (secondary N) is 1. The molecule has 4 heterocycles. The van der Waals surface area contributed by atoms with E-state index in [-0.39, 0.29) is 18.4 Å². The van der Waals surface area contributed by atoms with Crippen LogP contribution in [0.15, 0.2) is 77.8 Å². The van der Waals surface area contributed by atoms with Crippen LogP contribution >= 0.6 is 0 Å². The summed E-state index contributed by atoms with van der Waals surface area (Å²) in [6, 6.07) is 22.7. The standard InChI is InChI=1S/C34H38BN5O7/c1-38-14-16-40(17-15-38)19-28(42)39(2)24-11-9-23(10-12-24)36-30(21-6-4-3-5-7-21)29-25-13-8-22(18-26(25)37-33(29)43)35-46-31-27(20-41)45-34(44)32(31)47-35/h3-13,18,27,31-32,34,37,41,43-44H,14-17,19-20H2,1-2H3/t27-,31-,32+,34?/m1/s1. The van der Waals surface area contributed by atoms with Gasteiger partial charge in [-0.2, -0.15) is 0 Å². The van der Waals surface area contributed by atoms with E-state index in [0.717, 1.165) is 42.8 Å². The molecule has 244 valence electrons. The number of carbonyl (C=O) groups excluding carboxylic acids is 1. The van der Waals surface area contributed by atoms with E-state index >= 15 is 0 Å². The summed E-state index contributed by atoms with van der Waals surface area (Å²) < 4.78 is 17.3. The number of likely N-dealkylation sites (N-methyl/N-ethyl adjacent to an activating group) is 2. The zero-order valence-electron chi connectivity index (χ0n) is 26.3. The number of rotatable bonds is 8. The topological polar surface area (TPSA) is 143 Å². The van der Waals surface area contributed by atoms with Crippen LogP contribution in [0.1, 0.15) is 11.1 Å². The predicted molar refractivity (Wildman–Crippen MR) is 179 cm³/mol. The van der Waals surface area contributed by atoms with Gasteiger partial charge in [0.2, 0.25) is 5.91 Å². The minimum atomic E-state index is -1.19. The fourth-order valence-electron chi connectivity index (χ4n) is 6.41. The van der Waals surface area contributed by atoms with Gasteiger partial charge in [0.25, 0.3) is 0 Å². The number of anilines is 1. The van der Waals surface area contributed by atoms with Crippen LogP contribution in [0.5, 0.6) is 5.88 Å². The second-order valence-corrected chi connectivity index (χ2v) is 12.3. The highest BCUT2D eigenvalue weighted by atomic mass is 16.7. The molecule has 0 saturated carbocycles. The number of aromatic nitrogens is 1. The van der Waals surface area contributed by atoms with Crippen LogP contribution < -0.4 is 10.4 Å². The van der Waals surface area contributed by atoms with Gasteiger partial charge in [-0.15, -0.1) is 0 Å². The lowest BCUT2D eigenvalue weighted by Crippen LogP contribution is -2.48. The second kappa shape index (κ2) is 13.2. The predicted octanol–water partition coefficient (Wildman–Crippen LogP) is 1.44. The van der Waals surface area contributed by atoms with Crippen LogP contribution in [-0.2, 0) is 18.8 Å². The first-order chi connectivity index (χ1) is 22.8. The van der Waals surface area contributed by atoms with Crippen molar-refractivity contribution >= 4 is 46.5 Å². The molecule has 1 amide bonds. The van der Waals surface area contributed by atoms with Crippen molar-refractivity contribution in [3.63, 3.8) is 0 Å². The van der Waals surface area contributed by atoms with Crippen molar-refractivity contribution in [3.8, 4) is 5.88 Å². The molecule has 0 radical (unpaired) electrons. The highest BCUT2D eigenvalue weighted by molar-refractivity contribution is 6.62. The summed E-state index contributed by atoms with van der Waals surface area (Å²) in [5.41, 5.74) is 4.69. The van der Waals surface area contributed by atoms with Gasteiger partial charge in [-0.05, 0) is 42.8 Å². The van der Waals surface area contributed by atoms with E-state index in [1.165, 1.54) is 0 Å². The number of aromatic amines is 1. The van der Waals surface area contributed by atoms with Gasteiger partial charge in [-0.1, -0.05) is 42.5 Å². The molecule has 12 nitrogen and oxygen atoms in total. The summed E-state index contributed by atoms with van der Waals surface area (Å²) >= 11 is 0. The fourth-order valence-corrected chi connectivity index (χ4v) is 6.41. The number of piperazine rings is 1. The lowest BCUT2D eigenvalue weighted by molar-refractivity contribution is -0.132. The van der Waals surface area contributed by atoms with E-state index < -0.39 is 31.7 Å². The Labute approximate surface area is 272 Å². The van der Waals surface area contributed by atoms with E-state index in [1.54, 1.807) is 11.9 Å². The second-order valence-electron chi connectivity index (χ2n) is 12.3. The van der Waals surface area contributed by atoms with Gasteiger partial charge in [-0.25, -0.2) is 4.99 Å². The largest absolute Gasteiger partial charge is 0.494 e. The number of aliphatic imine (C=N–C) groups is 1. The molecule has 3 aliphatic rings. The molecule has 47 heavy (non-hydrogen) atoms. The minimum Gasteiger partial charge on any atom is -0.494 e. The van der Waals surface area contributed by atoms with Crippen molar-refractivity contribution < 1.29 is 34.2 Å². The molecule has 1 unspecified atom stereocenters. The highest BCUT2D eigenvalue weighted by Crippen LogP contribution is 2.34. The number of aliphatic hydroxyl groups excluding tert-OH is 2. The minimum absolute atomic E-state index is 0.0354. The van der Waals surface area contributed by atoms with Gasteiger partial charge in [0.05, 0.1) is 30.1 Å². The Morgan fingerprint density at radius 3 is 2.47 bits per heavy atom. The number of hydrogen-bond donors (Lipinski definition) is 4. The quantitative estimate of drug-likeness (QED) is 0.166. The number of ether oxygens (including phenoxy) is 1. The Morgan fingerprint density at radius 1 is 1.02 bits per heavy atom. The first-order valence-electron chi connectivity index (χ1n) is 15.8. The number of nitrogens with zero attached hydrogens (tertiary/aromatic N) is 4. The molecule has 3 saturated heterocycles. The molecule has 13 heteroatoms. The van der Waals surface area contributed by atoms with Crippen molar-refractivity contribution in [1.29, 1.82) is 0 Å². The van der Waals surface area contributed by atoms with E-state index in [4.69, 9.17) is 19.0 Å². The number of H-pyrrole nitrogens is 1. The van der Waals surface area contributed by atoms with Crippen molar-refractivity contribution in [2.24, 2.45) is 4.99 Å². The lowest BCUT2D eigenvalue weighted by atomic mass is 9.79. The third kappa shape index (κ3) is 6.31. The summed E-state index contributed by atoms with van der Waals surface area (Å²) in [7, 11) is 3.11. The van der Waals surface area contributed by atoms with E-state index in [9.17, 15) is 20.1 Å². The van der Waals surface area contributed by atoms with Crippen molar-refractivity contribution in [1.82, 2.24) is 14.8 Å².